The third-order valence-corrected chi connectivity index (χ3v) is 4.84. The van der Waals surface area contributed by atoms with Gasteiger partial charge in [0.2, 0.25) is 0 Å². The van der Waals surface area contributed by atoms with Crippen molar-refractivity contribution in [2.75, 3.05) is 12.3 Å². The van der Waals surface area contributed by atoms with Crippen LogP contribution in [0.1, 0.15) is 27.0 Å². The summed E-state index contributed by atoms with van der Waals surface area (Å²) in [5.74, 6) is -1.11. The Morgan fingerprint density at radius 1 is 1.09 bits per heavy atom. The van der Waals surface area contributed by atoms with Crippen molar-refractivity contribution < 1.29 is 37.7 Å². The number of furan rings is 1. The predicted molar refractivity (Wildman–Crippen MR) is 109 cm³/mol. The number of carbonyl (C=O) groups is 3. The van der Waals surface area contributed by atoms with E-state index >= 15 is 0 Å². The van der Waals surface area contributed by atoms with Crippen LogP contribution in [0, 0.1) is 0 Å². The summed E-state index contributed by atoms with van der Waals surface area (Å²) < 4.78 is 29.2. The fraction of sp³-hybridized carbons (Fsp3) is 0.400. The van der Waals surface area contributed by atoms with Gasteiger partial charge in [0.1, 0.15) is 19.0 Å². The summed E-state index contributed by atoms with van der Waals surface area (Å²) in [6.45, 7) is 3.40. The first-order valence-corrected chi connectivity index (χ1v) is 9.91. The van der Waals surface area contributed by atoms with E-state index in [2.05, 4.69) is 15.0 Å². The van der Waals surface area contributed by atoms with E-state index in [9.17, 15) is 14.4 Å². The molecule has 33 heavy (non-hydrogen) atoms. The number of nitrogens with two attached hydrogens (primary N) is 1. The average molecular weight is 459 g/mol. The lowest BCUT2D eigenvalue weighted by atomic mass is 10.1. The SMILES string of the molecule is CC(=O)OC[C@H]1O[C@@H](n2c(-c3ccco3)nc3c(N)ncnc32)[C@H](OC(C)=O)[C@@H]1OC(C)=O. The zero-order chi connectivity index (χ0) is 23.7. The molecule has 0 saturated carbocycles. The standard InChI is InChI=1S/C20H21N5O8/c1-9(26)30-7-13-15(31-10(2)27)16(32-11(3)28)20(33-13)25-18(12-5-4-6-29-12)24-14-17(21)22-8-23-19(14)25/h4-6,8,13,15-16,20H,7H2,1-3H3,(H2,21,22,23)/t13-,15-,16-,20-/m1/s1. The molecular formula is C20H21N5O8. The van der Waals surface area contributed by atoms with Crippen LogP contribution in [-0.2, 0) is 33.3 Å². The molecule has 1 aliphatic heterocycles. The summed E-state index contributed by atoms with van der Waals surface area (Å²) in [7, 11) is 0. The molecule has 1 saturated heterocycles. The number of aromatic nitrogens is 4. The quantitative estimate of drug-likeness (QED) is 0.410. The second-order valence-corrected chi connectivity index (χ2v) is 7.23. The van der Waals surface area contributed by atoms with Crippen LogP contribution in [-0.4, -0.2) is 62.3 Å². The van der Waals surface area contributed by atoms with Gasteiger partial charge in [0.05, 0.1) is 6.26 Å². The van der Waals surface area contributed by atoms with Gasteiger partial charge in [0, 0.05) is 20.8 Å². The molecule has 1 fully saturated rings. The molecule has 174 valence electrons. The van der Waals surface area contributed by atoms with Crippen molar-refractivity contribution >= 4 is 34.9 Å². The third-order valence-electron chi connectivity index (χ3n) is 4.84. The molecule has 13 heteroatoms. The van der Waals surface area contributed by atoms with Crippen LogP contribution in [0.3, 0.4) is 0 Å². The molecule has 3 aromatic rings. The van der Waals surface area contributed by atoms with Gasteiger partial charge < -0.3 is 29.1 Å². The molecular weight excluding hydrogens is 438 g/mol. The van der Waals surface area contributed by atoms with E-state index in [1.807, 2.05) is 0 Å². The van der Waals surface area contributed by atoms with Gasteiger partial charge in [-0.3, -0.25) is 19.0 Å². The summed E-state index contributed by atoms with van der Waals surface area (Å²) in [6, 6.07) is 3.33. The van der Waals surface area contributed by atoms with Gasteiger partial charge >= 0.3 is 17.9 Å². The lowest BCUT2D eigenvalue weighted by Gasteiger charge is -2.24. The van der Waals surface area contributed by atoms with Crippen molar-refractivity contribution in [3.05, 3.63) is 24.7 Å². The Morgan fingerprint density at radius 2 is 1.82 bits per heavy atom. The molecule has 4 heterocycles. The Hall–Kier alpha value is -4.00. The first-order chi connectivity index (χ1) is 15.8. The van der Waals surface area contributed by atoms with Gasteiger partial charge in [-0.05, 0) is 12.1 Å². The van der Waals surface area contributed by atoms with Crippen LogP contribution in [0.25, 0.3) is 22.7 Å². The van der Waals surface area contributed by atoms with Gasteiger partial charge in [-0.2, -0.15) is 0 Å². The maximum atomic E-state index is 12.0. The number of hydrogen-bond acceptors (Lipinski definition) is 12. The predicted octanol–water partition coefficient (Wildman–Crippen LogP) is 0.992. The monoisotopic (exact) mass is 459 g/mol. The van der Waals surface area contributed by atoms with Crippen LogP contribution in [0.5, 0.6) is 0 Å². The summed E-state index contributed by atoms with van der Waals surface area (Å²) in [6.07, 6.45) is -1.55. The van der Waals surface area contributed by atoms with E-state index < -0.39 is 42.4 Å². The Morgan fingerprint density at radius 3 is 2.45 bits per heavy atom. The Kier molecular flexibility index (Phi) is 5.96. The Bertz CT molecular complexity index is 1190. The van der Waals surface area contributed by atoms with Crippen LogP contribution < -0.4 is 5.73 Å². The highest BCUT2D eigenvalue weighted by Crippen LogP contribution is 2.39. The average Bonchev–Trinajstić information content (AvgIpc) is 3.45. The van der Waals surface area contributed by atoms with Crippen molar-refractivity contribution in [3.8, 4) is 11.6 Å². The smallest absolute Gasteiger partial charge is 0.303 e. The summed E-state index contributed by atoms with van der Waals surface area (Å²) in [5.41, 5.74) is 6.53. The Labute approximate surface area is 186 Å². The molecule has 3 aromatic heterocycles. The highest BCUT2D eigenvalue weighted by atomic mass is 16.7. The maximum Gasteiger partial charge on any atom is 0.303 e. The number of fused-ring (bicyclic) bond motifs is 1. The zero-order valence-electron chi connectivity index (χ0n) is 18.0. The number of nitrogens with zero attached hydrogens (tertiary/aromatic N) is 4. The molecule has 0 amide bonds. The molecule has 0 unspecified atom stereocenters. The number of carbonyl (C=O) groups excluding carboxylic acids is 3. The van der Waals surface area contributed by atoms with Crippen LogP contribution in [0.4, 0.5) is 5.82 Å². The van der Waals surface area contributed by atoms with Gasteiger partial charge in [-0.25, -0.2) is 15.0 Å². The molecule has 0 bridgehead atoms. The van der Waals surface area contributed by atoms with Gasteiger partial charge in [-0.15, -0.1) is 0 Å². The molecule has 4 atom stereocenters. The van der Waals surface area contributed by atoms with Crippen LogP contribution in [0.15, 0.2) is 29.1 Å². The van der Waals surface area contributed by atoms with E-state index in [1.54, 1.807) is 12.1 Å². The summed E-state index contributed by atoms with van der Waals surface area (Å²) >= 11 is 0. The molecule has 4 rings (SSSR count). The molecule has 0 spiro atoms. The van der Waals surface area contributed by atoms with Crippen molar-refractivity contribution in [2.24, 2.45) is 0 Å². The van der Waals surface area contributed by atoms with E-state index in [0.29, 0.717) is 5.76 Å². The highest BCUT2D eigenvalue weighted by molar-refractivity contribution is 5.84. The lowest BCUT2D eigenvalue weighted by Crippen LogP contribution is -2.40. The minimum Gasteiger partial charge on any atom is -0.463 e. The molecule has 1 aliphatic rings. The van der Waals surface area contributed by atoms with Crippen molar-refractivity contribution in [3.63, 3.8) is 0 Å². The number of hydrogen-bond donors (Lipinski definition) is 1. The highest BCUT2D eigenvalue weighted by Gasteiger charge is 2.51. The fourth-order valence-corrected chi connectivity index (χ4v) is 3.65. The van der Waals surface area contributed by atoms with Gasteiger partial charge in [0.15, 0.2) is 47.0 Å². The van der Waals surface area contributed by atoms with Gasteiger partial charge in [-0.1, -0.05) is 0 Å². The molecule has 0 radical (unpaired) electrons. The zero-order valence-corrected chi connectivity index (χ0v) is 18.0. The minimum absolute atomic E-state index is 0.113. The molecule has 0 aromatic carbocycles. The first kappa shape index (κ1) is 22.2. The summed E-state index contributed by atoms with van der Waals surface area (Å²) in [4.78, 5) is 47.9. The van der Waals surface area contributed by atoms with E-state index in [-0.39, 0.29) is 29.4 Å². The number of imidazole rings is 1. The molecule has 2 N–H and O–H groups in total. The number of esters is 3. The van der Waals surface area contributed by atoms with E-state index in [4.69, 9.17) is 29.1 Å². The Balaban J connectivity index is 1.87. The lowest BCUT2D eigenvalue weighted by molar-refractivity contribution is -0.166. The molecule has 13 nitrogen and oxygen atoms in total. The minimum atomic E-state index is -1.13. The van der Waals surface area contributed by atoms with Crippen LogP contribution >= 0.6 is 0 Å². The first-order valence-electron chi connectivity index (χ1n) is 9.91. The largest absolute Gasteiger partial charge is 0.463 e. The van der Waals surface area contributed by atoms with E-state index in [0.717, 1.165) is 0 Å². The number of anilines is 1. The maximum absolute atomic E-state index is 12.0. The normalized spacial score (nSPS) is 22.3. The number of ether oxygens (including phenoxy) is 4. The van der Waals surface area contributed by atoms with E-state index in [1.165, 1.54) is 37.9 Å². The molecule has 0 aliphatic carbocycles. The van der Waals surface area contributed by atoms with Crippen molar-refractivity contribution in [1.82, 2.24) is 19.5 Å². The van der Waals surface area contributed by atoms with Crippen LogP contribution in [0.2, 0.25) is 0 Å². The van der Waals surface area contributed by atoms with Gasteiger partial charge in [0.25, 0.3) is 0 Å². The fourth-order valence-electron chi connectivity index (χ4n) is 3.65. The van der Waals surface area contributed by atoms with Crippen molar-refractivity contribution in [2.45, 2.75) is 45.3 Å². The number of nitrogen functional groups attached to an aromatic ring is 1. The van der Waals surface area contributed by atoms with Crippen molar-refractivity contribution in [1.29, 1.82) is 0 Å². The topological polar surface area (TPSA) is 171 Å². The third kappa shape index (κ3) is 4.35. The summed E-state index contributed by atoms with van der Waals surface area (Å²) in [5, 5.41) is 0. The second-order valence-electron chi connectivity index (χ2n) is 7.23. The number of rotatable bonds is 6. The second kappa shape index (κ2) is 8.86.